The third-order valence-corrected chi connectivity index (χ3v) is 16.9. The van der Waals surface area contributed by atoms with Gasteiger partial charge in [-0.15, -0.1) is 0 Å². The molecule has 84 heavy (non-hydrogen) atoms. The standard InChI is InChI=1S/C65H126O17P2/c1-6-9-12-15-18-20-25-30-34-39-44-49-63(68)76-55-61(82-65(70)51-46-41-36-31-27-24-22-21-23-26-29-33-37-42-47-58(4)5)57-80-84(73,74)78-53-59(66)52-77-83(71,72)79-56-60(54-75-62(67)48-43-38-32-17-14-11-8-3)81-64(69)50-45-40-35-28-19-16-13-10-7-2/h58-61,66H,6-57H2,1-5H3,(H,71,72)(H,73,74)/t59-,60+,61+/m0/s1. The predicted octanol–water partition coefficient (Wildman–Crippen LogP) is 18.2. The minimum atomic E-state index is -4.94. The molecule has 0 aromatic rings. The van der Waals surface area contributed by atoms with Crippen molar-refractivity contribution in [3.8, 4) is 0 Å². The third kappa shape index (κ3) is 59.0. The van der Waals surface area contributed by atoms with E-state index in [1.165, 1.54) is 141 Å². The first-order chi connectivity index (χ1) is 40.5. The maximum Gasteiger partial charge on any atom is 0.472 e. The van der Waals surface area contributed by atoms with Gasteiger partial charge in [0.2, 0.25) is 0 Å². The van der Waals surface area contributed by atoms with E-state index in [1.807, 2.05) is 0 Å². The highest BCUT2D eigenvalue weighted by Crippen LogP contribution is 2.45. The van der Waals surface area contributed by atoms with Gasteiger partial charge in [-0.2, -0.15) is 0 Å². The molecular formula is C65H126O17P2. The fourth-order valence-corrected chi connectivity index (χ4v) is 11.3. The van der Waals surface area contributed by atoms with E-state index < -0.39 is 97.5 Å². The summed E-state index contributed by atoms with van der Waals surface area (Å²) in [6.07, 6.45) is 43.1. The van der Waals surface area contributed by atoms with Gasteiger partial charge in [0.25, 0.3) is 0 Å². The molecule has 17 nitrogen and oxygen atoms in total. The van der Waals surface area contributed by atoms with E-state index in [4.69, 9.17) is 37.0 Å². The number of aliphatic hydroxyl groups is 1. The van der Waals surface area contributed by atoms with Gasteiger partial charge in [-0.05, 0) is 31.6 Å². The lowest BCUT2D eigenvalue weighted by Crippen LogP contribution is -2.30. The van der Waals surface area contributed by atoms with E-state index in [9.17, 15) is 43.2 Å². The number of phosphoric acid groups is 2. The molecule has 0 aliphatic heterocycles. The number of carbonyl (C=O) groups excluding carboxylic acids is 4. The van der Waals surface area contributed by atoms with Crippen molar-refractivity contribution in [1.29, 1.82) is 0 Å². The van der Waals surface area contributed by atoms with Crippen LogP contribution in [-0.4, -0.2) is 96.7 Å². The van der Waals surface area contributed by atoms with Crippen molar-refractivity contribution < 1.29 is 80.2 Å². The van der Waals surface area contributed by atoms with Crippen LogP contribution in [0.4, 0.5) is 0 Å². The highest BCUT2D eigenvalue weighted by Gasteiger charge is 2.30. The molecule has 0 heterocycles. The van der Waals surface area contributed by atoms with Gasteiger partial charge in [0.1, 0.15) is 19.3 Å². The molecule has 0 radical (unpaired) electrons. The Kier molecular flexibility index (Phi) is 57.4. The lowest BCUT2D eigenvalue weighted by molar-refractivity contribution is -0.161. The van der Waals surface area contributed by atoms with Crippen molar-refractivity contribution in [1.82, 2.24) is 0 Å². The van der Waals surface area contributed by atoms with Gasteiger partial charge in [0.05, 0.1) is 26.4 Å². The Hall–Kier alpha value is -1.94. The van der Waals surface area contributed by atoms with Gasteiger partial charge < -0.3 is 33.8 Å². The summed E-state index contributed by atoms with van der Waals surface area (Å²) in [7, 11) is -9.88. The molecule has 0 aromatic heterocycles. The summed E-state index contributed by atoms with van der Waals surface area (Å²) >= 11 is 0. The molecule has 2 unspecified atom stereocenters. The lowest BCUT2D eigenvalue weighted by atomic mass is 10.0. The van der Waals surface area contributed by atoms with Gasteiger partial charge in [-0.25, -0.2) is 9.13 Å². The van der Waals surface area contributed by atoms with Crippen molar-refractivity contribution in [2.45, 2.75) is 348 Å². The Morgan fingerprint density at radius 3 is 0.810 bits per heavy atom. The quantitative estimate of drug-likeness (QED) is 0.0222. The Morgan fingerprint density at radius 2 is 0.548 bits per heavy atom. The summed E-state index contributed by atoms with van der Waals surface area (Å²) in [5, 5.41) is 10.5. The molecule has 0 fully saturated rings. The number of carbonyl (C=O) groups is 4. The number of esters is 4. The van der Waals surface area contributed by atoms with E-state index in [1.54, 1.807) is 0 Å². The molecule has 0 bridgehead atoms. The second-order valence-corrected chi connectivity index (χ2v) is 26.9. The van der Waals surface area contributed by atoms with Gasteiger partial charge in [-0.1, -0.05) is 279 Å². The Balaban J connectivity index is 5.18. The van der Waals surface area contributed by atoms with E-state index in [2.05, 4.69) is 34.6 Å². The number of rotatable bonds is 65. The molecule has 0 amide bonds. The van der Waals surface area contributed by atoms with E-state index >= 15 is 0 Å². The van der Waals surface area contributed by atoms with Crippen LogP contribution in [0.5, 0.6) is 0 Å². The first-order valence-electron chi connectivity index (χ1n) is 34.1. The fourth-order valence-electron chi connectivity index (χ4n) is 9.76. The number of unbranched alkanes of at least 4 members (excludes halogenated alkanes) is 37. The average Bonchev–Trinajstić information content (AvgIpc) is 3.57. The number of aliphatic hydroxyl groups excluding tert-OH is 1. The van der Waals surface area contributed by atoms with Gasteiger partial charge in [-0.3, -0.25) is 37.3 Å². The summed E-state index contributed by atoms with van der Waals surface area (Å²) in [5.74, 6) is -1.34. The van der Waals surface area contributed by atoms with Crippen molar-refractivity contribution >= 4 is 39.5 Å². The van der Waals surface area contributed by atoms with Gasteiger partial charge in [0.15, 0.2) is 12.2 Å². The molecule has 3 N–H and O–H groups in total. The third-order valence-electron chi connectivity index (χ3n) is 15.0. The van der Waals surface area contributed by atoms with Crippen molar-refractivity contribution in [2.75, 3.05) is 39.6 Å². The highest BCUT2D eigenvalue weighted by molar-refractivity contribution is 7.47. The first kappa shape index (κ1) is 82.1. The monoisotopic (exact) mass is 1240 g/mol. The molecule has 0 saturated carbocycles. The van der Waals surface area contributed by atoms with Crippen molar-refractivity contribution in [2.24, 2.45) is 5.92 Å². The van der Waals surface area contributed by atoms with Crippen molar-refractivity contribution in [3.05, 3.63) is 0 Å². The maximum atomic E-state index is 13.0. The molecule has 0 aliphatic rings. The van der Waals surface area contributed by atoms with Crippen LogP contribution in [0.3, 0.4) is 0 Å². The molecule has 0 rings (SSSR count). The SMILES string of the molecule is CCCCCCCCCCCCCC(=O)OC[C@H](COP(=O)(O)OC[C@@H](O)COP(=O)(O)OC[C@@H](COC(=O)CCCCCCCCC)OC(=O)CCCCCCCCCCC)OC(=O)CCCCCCCCCCCCCCCCC(C)C. The van der Waals surface area contributed by atoms with Crippen LogP contribution >= 0.6 is 15.6 Å². The van der Waals surface area contributed by atoms with Gasteiger partial charge >= 0.3 is 39.5 Å². The summed E-state index contributed by atoms with van der Waals surface area (Å²) in [6, 6.07) is 0. The van der Waals surface area contributed by atoms with Crippen LogP contribution in [0, 0.1) is 5.92 Å². The molecule has 0 aromatic carbocycles. The molecule has 0 aliphatic carbocycles. The average molecular weight is 1240 g/mol. The molecule has 0 saturated heterocycles. The van der Waals surface area contributed by atoms with Crippen LogP contribution < -0.4 is 0 Å². The van der Waals surface area contributed by atoms with Crippen molar-refractivity contribution in [3.63, 3.8) is 0 Å². The van der Waals surface area contributed by atoms with E-state index in [0.717, 1.165) is 109 Å². The van der Waals surface area contributed by atoms with Crippen LogP contribution in [0.15, 0.2) is 0 Å². The Labute approximate surface area is 511 Å². The molecular weight excluding hydrogens is 1110 g/mol. The minimum absolute atomic E-state index is 0.105. The number of hydrogen-bond acceptors (Lipinski definition) is 15. The molecule has 0 spiro atoms. The first-order valence-corrected chi connectivity index (χ1v) is 37.1. The molecule has 5 atom stereocenters. The number of phosphoric ester groups is 2. The van der Waals surface area contributed by atoms with Gasteiger partial charge in [0, 0.05) is 25.7 Å². The zero-order chi connectivity index (χ0) is 62.0. The Bertz CT molecular complexity index is 1640. The maximum absolute atomic E-state index is 13.0. The molecule has 498 valence electrons. The topological polar surface area (TPSA) is 237 Å². The summed E-state index contributed by atoms with van der Waals surface area (Å²) in [6.45, 7) is 7.17. The highest BCUT2D eigenvalue weighted by atomic mass is 31.2. The fraction of sp³-hybridized carbons (Fsp3) is 0.938. The van der Waals surface area contributed by atoms with Crippen LogP contribution in [0.1, 0.15) is 330 Å². The summed E-state index contributed by atoms with van der Waals surface area (Å²) < 4.78 is 67.9. The molecule has 19 heteroatoms. The number of ether oxygens (including phenoxy) is 4. The lowest BCUT2D eigenvalue weighted by Gasteiger charge is -2.21. The minimum Gasteiger partial charge on any atom is -0.462 e. The normalized spacial score (nSPS) is 14.2. The summed E-state index contributed by atoms with van der Waals surface area (Å²) in [5.41, 5.74) is 0. The zero-order valence-corrected chi connectivity index (χ0v) is 55.8. The van der Waals surface area contributed by atoms with Crippen LogP contribution in [-0.2, 0) is 65.4 Å². The summed E-state index contributed by atoms with van der Waals surface area (Å²) in [4.78, 5) is 72.1. The Morgan fingerprint density at radius 1 is 0.321 bits per heavy atom. The predicted molar refractivity (Wildman–Crippen MR) is 335 cm³/mol. The number of hydrogen-bond donors (Lipinski definition) is 3. The van der Waals surface area contributed by atoms with E-state index in [-0.39, 0.29) is 25.7 Å². The largest absolute Gasteiger partial charge is 0.472 e. The zero-order valence-electron chi connectivity index (χ0n) is 54.0. The second-order valence-electron chi connectivity index (χ2n) is 24.0. The smallest absolute Gasteiger partial charge is 0.462 e. The van der Waals surface area contributed by atoms with Crippen LogP contribution in [0.2, 0.25) is 0 Å². The van der Waals surface area contributed by atoms with E-state index in [0.29, 0.717) is 25.7 Å². The second kappa shape index (κ2) is 58.7. The van der Waals surface area contributed by atoms with Crippen LogP contribution in [0.25, 0.3) is 0 Å².